The number of ether oxygens (including phenoxy) is 1. The first-order chi connectivity index (χ1) is 10.3. The smallest absolute Gasteiger partial charge is 0.183 e. The van der Waals surface area contributed by atoms with Gasteiger partial charge in [0.2, 0.25) is 0 Å². The molecule has 1 saturated heterocycles. The molecule has 5 nitrogen and oxygen atoms in total. The third-order valence-electron chi connectivity index (χ3n) is 3.95. The van der Waals surface area contributed by atoms with Crippen molar-refractivity contribution in [1.82, 2.24) is 15.2 Å². The summed E-state index contributed by atoms with van der Waals surface area (Å²) in [6.45, 7) is 4.92. The van der Waals surface area contributed by atoms with Gasteiger partial charge in [-0.15, -0.1) is 0 Å². The summed E-state index contributed by atoms with van der Waals surface area (Å²) in [5, 5.41) is 10.8. The zero-order valence-corrected chi connectivity index (χ0v) is 12.6. The number of nitrogens with zero attached hydrogens (tertiary/aromatic N) is 2. The van der Waals surface area contributed by atoms with Gasteiger partial charge in [-0.1, -0.05) is 19.1 Å². The van der Waals surface area contributed by atoms with E-state index in [0.29, 0.717) is 12.1 Å². The lowest BCUT2D eigenvalue weighted by Crippen LogP contribution is -2.33. The first kappa shape index (κ1) is 14.1. The zero-order chi connectivity index (χ0) is 14.7. The molecule has 1 aromatic carbocycles. The van der Waals surface area contributed by atoms with Crippen molar-refractivity contribution < 1.29 is 4.74 Å². The van der Waals surface area contributed by atoms with Crippen LogP contribution in [0.4, 0.5) is 5.69 Å². The SMILES string of the molecule is CCC1CC(Nc2ccccc2-c2n[nH]c(C)n2)CCO1. The van der Waals surface area contributed by atoms with Gasteiger partial charge < -0.3 is 10.1 Å². The average molecular weight is 286 g/mol. The maximum atomic E-state index is 5.74. The van der Waals surface area contributed by atoms with E-state index >= 15 is 0 Å². The van der Waals surface area contributed by atoms with E-state index in [2.05, 4.69) is 39.6 Å². The molecule has 2 heterocycles. The van der Waals surface area contributed by atoms with Gasteiger partial charge in [0.15, 0.2) is 5.82 Å². The van der Waals surface area contributed by atoms with E-state index in [4.69, 9.17) is 4.74 Å². The Morgan fingerprint density at radius 3 is 3.00 bits per heavy atom. The van der Waals surface area contributed by atoms with Gasteiger partial charge in [0.05, 0.1) is 6.10 Å². The number of para-hydroxylation sites is 1. The molecule has 2 atom stereocenters. The van der Waals surface area contributed by atoms with Crippen LogP contribution in [0.15, 0.2) is 24.3 Å². The fraction of sp³-hybridized carbons (Fsp3) is 0.500. The summed E-state index contributed by atoms with van der Waals surface area (Å²) in [5.74, 6) is 1.58. The van der Waals surface area contributed by atoms with Crippen molar-refractivity contribution >= 4 is 5.69 Å². The van der Waals surface area contributed by atoms with Crippen LogP contribution in [-0.4, -0.2) is 33.9 Å². The number of benzene rings is 1. The minimum absolute atomic E-state index is 0.370. The molecule has 2 N–H and O–H groups in total. The van der Waals surface area contributed by atoms with E-state index in [1.807, 2.05) is 19.1 Å². The van der Waals surface area contributed by atoms with Gasteiger partial charge in [-0.3, -0.25) is 5.10 Å². The van der Waals surface area contributed by atoms with Crippen molar-refractivity contribution in [3.05, 3.63) is 30.1 Å². The van der Waals surface area contributed by atoms with Crippen LogP contribution in [-0.2, 0) is 4.74 Å². The molecule has 1 aliphatic rings. The number of aromatic nitrogens is 3. The zero-order valence-electron chi connectivity index (χ0n) is 12.6. The van der Waals surface area contributed by atoms with Crippen LogP contribution in [0.3, 0.4) is 0 Å². The van der Waals surface area contributed by atoms with Crippen molar-refractivity contribution in [1.29, 1.82) is 0 Å². The highest BCUT2D eigenvalue weighted by Gasteiger charge is 2.22. The minimum Gasteiger partial charge on any atom is -0.382 e. The molecule has 0 spiro atoms. The normalized spacial score (nSPS) is 22.2. The van der Waals surface area contributed by atoms with Crippen LogP contribution in [0.5, 0.6) is 0 Å². The highest BCUT2D eigenvalue weighted by atomic mass is 16.5. The number of hydrogen-bond acceptors (Lipinski definition) is 4. The summed E-state index contributed by atoms with van der Waals surface area (Å²) in [6.07, 6.45) is 3.53. The maximum Gasteiger partial charge on any atom is 0.183 e. The number of H-pyrrole nitrogens is 1. The molecule has 2 unspecified atom stereocenters. The average Bonchev–Trinajstić information content (AvgIpc) is 2.94. The molecule has 2 aromatic rings. The number of nitrogens with one attached hydrogen (secondary N) is 2. The molecule has 0 bridgehead atoms. The summed E-state index contributed by atoms with van der Waals surface area (Å²) in [7, 11) is 0. The van der Waals surface area contributed by atoms with Crippen LogP contribution >= 0.6 is 0 Å². The maximum absolute atomic E-state index is 5.74. The van der Waals surface area contributed by atoms with Gasteiger partial charge in [0, 0.05) is 23.9 Å². The molecular formula is C16H22N4O. The van der Waals surface area contributed by atoms with E-state index in [1.165, 1.54) is 0 Å². The molecule has 112 valence electrons. The van der Waals surface area contributed by atoms with E-state index in [1.54, 1.807) is 0 Å². The van der Waals surface area contributed by atoms with Crippen LogP contribution in [0, 0.1) is 6.92 Å². The lowest BCUT2D eigenvalue weighted by atomic mass is 10.0. The van der Waals surface area contributed by atoms with Gasteiger partial charge in [0.1, 0.15) is 5.82 Å². The molecule has 0 radical (unpaired) electrons. The number of aryl methyl sites for hydroxylation is 1. The largest absolute Gasteiger partial charge is 0.382 e. The molecule has 5 heteroatoms. The second kappa shape index (κ2) is 6.26. The Balaban J connectivity index is 1.79. The van der Waals surface area contributed by atoms with Crippen molar-refractivity contribution in [2.24, 2.45) is 0 Å². The Kier molecular flexibility index (Phi) is 4.20. The van der Waals surface area contributed by atoms with Crippen molar-refractivity contribution in [3.8, 4) is 11.4 Å². The highest BCUT2D eigenvalue weighted by molar-refractivity contribution is 5.73. The topological polar surface area (TPSA) is 62.8 Å². The van der Waals surface area contributed by atoms with Crippen molar-refractivity contribution in [3.63, 3.8) is 0 Å². The Morgan fingerprint density at radius 1 is 1.38 bits per heavy atom. The third-order valence-corrected chi connectivity index (χ3v) is 3.95. The number of rotatable bonds is 4. The summed E-state index contributed by atoms with van der Waals surface area (Å²) in [5.41, 5.74) is 2.14. The molecular weight excluding hydrogens is 264 g/mol. The second-order valence-electron chi connectivity index (χ2n) is 5.56. The second-order valence-corrected chi connectivity index (χ2v) is 5.56. The van der Waals surface area contributed by atoms with Gasteiger partial charge in [-0.05, 0) is 38.3 Å². The Bertz CT molecular complexity index is 595. The molecule has 3 rings (SSSR count). The summed E-state index contributed by atoms with van der Waals surface area (Å²) < 4.78 is 5.74. The van der Waals surface area contributed by atoms with E-state index < -0.39 is 0 Å². The monoisotopic (exact) mass is 286 g/mol. The Morgan fingerprint density at radius 2 is 2.24 bits per heavy atom. The molecule has 0 aliphatic carbocycles. The van der Waals surface area contributed by atoms with Crippen LogP contribution < -0.4 is 5.32 Å². The number of anilines is 1. The number of hydrogen-bond donors (Lipinski definition) is 2. The molecule has 1 fully saturated rings. The van der Waals surface area contributed by atoms with Gasteiger partial charge in [0.25, 0.3) is 0 Å². The summed E-state index contributed by atoms with van der Waals surface area (Å²) in [4.78, 5) is 4.43. The Labute approximate surface area is 125 Å². The standard InChI is InChI=1S/C16H22N4O/c1-3-13-10-12(8-9-21-13)18-15-7-5-4-6-14(15)16-17-11(2)19-20-16/h4-7,12-13,18H,3,8-10H2,1-2H3,(H,17,19,20). The van der Waals surface area contributed by atoms with Gasteiger partial charge in [-0.2, -0.15) is 5.10 Å². The molecule has 0 amide bonds. The predicted molar refractivity (Wildman–Crippen MR) is 83.2 cm³/mol. The van der Waals surface area contributed by atoms with Crippen LogP contribution in [0.25, 0.3) is 11.4 Å². The van der Waals surface area contributed by atoms with Gasteiger partial charge >= 0.3 is 0 Å². The predicted octanol–water partition coefficient (Wildman–Crippen LogP) is 3.15. The fourth-order valence-corrected chi connectivity index (χ4v) is 2.78. The molecule has 21 heavy (non-hydrogen) atoms. The first-order valence-electron chi connectivity index (χ1n) is 7.62. The lowest BCUT2D eigenvalue weighted by molar-refractivity contribution is 0.00926. The van der Waals surface area contributed by atoms with E-state index in [9.17, 15) is 0 Å². The fourth-order valence-electron chi connectivity index (χ4n) is 2.78. The van der Waals surface area contributed by atoms with Crippen molar-refractivity contribution in [2.45, 2.75) is 45.3 Å². The first-order valence-corrected chi connectivity index (χ1v) is 7.62. The Hall–Kier alpha value is -1.88. The lowest BCUT2D eigenvalue weighted by Gasteiger charge is -2.30. The molecule has 1 aromatic heterocycles. The van der Waals surface area contributed by atoms with Crippen LogP contribution in [0.1, 0.15) is 32.0 Å². The number of aromatic amines is 1. The molecule has 1 aliphatic heterocycles. The third kappa shape index (κ3) is 3.24. The minimum atomic E-state index is 0.370. The molecule has 0 saturated carbocycles. The quantitative estimate of drug-likeness (QED) is 0.906. The van der Waals surface area contributed by atoms with Crippen LogP contribution in [0.2, 0.25) is 0 Å². The van der Waals surface area contributed by atoms with Crippen molar-refractivity contribution in [2.75, 3.05) is 11.9 Å². The van der Waals surface area contributed by atoms with E-state index in [0.717, 1.165) is 48.8 Å². The van der Waals surface area contributed by atoms with E-state index in [-0.39, 0.29) is 0 Å². The summed E-state index contributed by atoms with van der Waals surface area (Å²) >= 11 is 0. The summed E-state index contributed by atoms with van der Waals surface area (Å²) in [6, 6.07) is 8.66. The van der Waals surface area contributed by atoms with Gasteiger partial charge in [-0.25, -0.2) is 4.98 Å². The highest BCUT2D eigenvalue weighted by Crippen LogP contribution is 2.28.